The summed E-state index contributed by atoms with van der Waals surface area (Å²) in [7, 11) is 0. The highest BCUT2D eigenvalue weighted by Gasteiger charge is 2.37. The number of amides is 1. The van der Waals surface area contributed by atoms with Gasteiger partial charge in [0.25, 0.3) is 5.91 Å². The smallest absolute Gasteiger partial charge is 0.338 e. The zero-order valence-electron chi connectivity index (χ0n) is 16.8. The lowest BCUT2D eigenvalue weighted by Crippen LogP contribution is -2.35. The van der Waals surface area contributed by atoms with Gasteiger partial charge in [-0.25, -0.2) is 0 Å². The van der Waals surface area contributed by atoms with Crippen LogP contribution >= 0.6 is 11.3 Å². The Balaban J connectivity index is 1.92. The number of rotatable bonds is 6. The number of carbonyl (C=O) groups is 1. The predicted molar refractivity (Wildman–Crippen MR) is 113 cm³/mol. The summed E-state index contributed by atoms with van der Waals surface area (Å²) in [5.74, 6) is -0.0651. The molecule has 8 heteroatoms. The topological polar surface area (TPSA) is 49.0 Å². The molecular formula is C22H24F3N3OS. The van der Waals surface area contributed by atoms with Gasteiger partial charge in [0, 0.05) is 18.7 Å². The van der Waals surface area contributed by atoms with E-state index in [1.54, 1.807) is 43.4 Å². The van der Waals surface area contributed by atoms with Gasteiger partial charge in [0.1, 0.15) is 11.4 Å². The number of nitrogens with zero attached hydrogens (tertiary/aromatic N) is 2. The Kier molecular flexibility index (Phi) is 6.97. The zero-order valence-corrected chi connectivity index (χ0v) is 17.6. The van der Waals surface area contributed by atoms with E-state index in [1.807, 2.05) is 4.90 Å². The molecule has 0 atom stereocenters. The van der Waals surface area contributed by atoms with E-state index in [0.29, 0.717) is 9.75 Å². The SMILES string of the molecule is C=C/C=C\C=C(/C)Cc1c(-c2ccc(C(=O)N3CCCCC3)s2)n[nH]c1C(F)(F)F. The molecule has 2 aromatic heterocycles. The molecule has 1 saturated heterocycles. The first kappa shape index (κ1) is 22.1. The molecule has 0 unspecified atom stereocenters. The van der Waals surface area contributed by atoms with Gasteiger partial charge in [0.15, 0.2) is 0 Å². The minimum absolute atomic E-state index is 0.0651. The van der Waals surface area contributed by atoms with E-state index >= 15 is 0 Å². The van der Waals surface area contributed by atoms with Crippen LogP contribution in [-0.4, -0.2) is 34.1 Å². The Morgan fingerprint density at radius 3 is 2.67 bits per heavy atom. The van der Waals surface area contributed by atoms with Gasteiger partial charge in [-0.3, -0.25) is 9.89 Å². The molecule has 1 aliphatic heterocycles. The predicted octanol–water partition coefficient (Wildman–Crippen LogP) is 6.01. The fourth-order valence-corrected chi connectivity index (χ4v) is 4.44. The highest BCUT2D eigenvalue weighted by Crippen LogP contribution is 2.38. The highest BCUT2D eigenvalue weighted by atomic mass is 32.1. The first-order chi connectivity index (χ1) is 14.3. The molecule has 2 aromatic rings. The first-order valence-electron chi connectivity index (χ1n) is 9.80. The molecule has 0 saturated carbocycles. The number of allylic oxidation sites excluding steroid dienone is 5. The molecule has 0 aromatic carbocycles. The Labute approximate surface area is 177 Å². The number of thiophene rings is 1. The van der Waals surface area contributed by atoms with Gasteiger partial charge in [-0.05, 0) is 44.7 Å². The summed E-state index contributed by atoms with van der Waals surface area (Å²) in [6.45, 7) is 6.79. The standard InChI is InChI=1S/C22H24F3N3OS/c1-3-4-6-9-15(2)14-16-19(26-27-20(16)22(23,24)25)17-10-11-18(30-17)21(29)28-12-7-5-8-13-28/h3-4,6,9-11H,1,5,7-8,12-14H2,2H3,(H,26,27)/b6-4-,15-9+. The summed E-state index contributed by atoms with van der Waals surface area (Å²) in [5.41, 5.74) is 0.227. The summed E-state index contributed by atoms with van der Waals surface area (Å²) >= 11 is 1.19. The third kappa shape index (κ3) is 5.11. The quantitative estimate of drug-likeness (QED) is 0.565. The molecule has 30 heavy (non-hydrogen) atoms. The molecule has 0 radical (unpaired) electrons. The lowest BCUT2D eigenvalue weighted by Gasteiger charge is -2.26. The van der Waals surface area contributed by atoms with Gasteiger partial charge in [-0.1, -0.05) is 36.5 Å². The Hall–Kier alpha value is -2.61. The molecule has 0 spiro atoms. The molecule has 3 heterocycles. The van der Waals surface area contributed by atoms with Gasteiger partial charge >= 0.3 is 6.18 Å². The Morgan fingerprint density at radius 1 is 1.27 bits per heavy atom. The van der Waals surface area contributed by atoms with E-state index in [9.17, 15) is 18.0 Å². The summed E-state index contributed by atoms with van der Waals surface area (Å²) < 4.78 is 40.6. The number of H-pyrrole nitrogens is 1. The van der Waals surface area contributed by atoms with Crippen LogP contribution in [0.4, 0.5) is 13.2 Å². The van der Waals surface area contributed by atoms with Gasteiger partial charge in [0.2, 0.25) is 0 Å². The summed E-state index contributed by atoms with van der Waals surface area (Å²) in [6, 6.07) is 3.36. The van der Waals surface area contributed by atoms with Crippen LogP contribution < -0.4 is 0 Å². The van der Waals surface area contributed by atoms with Crippen molar-refractivity contribution in [1.29, 1.82) is 0 Å². The van der Waals surface area contributed by atoms with Crippen molar-refractivity contribution in [2.45, 2.75) is 38.8 Å². The maximum atomic E-state index is 13.5. The van der Waals surface area contributed by atoms with Crippen molar-refractivity contribution in [2.75, 3.05) is 13.1 Å². The van der Waals surface area contributed by atoms with Gasteiger partial charge in [-0.2, -0.15) is 18.3 Å². The molecule has 4 nitrogen and oxygen atoms in total. The van der Waals surface area contributed by atoms with Crippen molar-refractivity contribution >= 4 is 17.2 Å². The van der Waals surface area contributed by atoms with Crippen LogP contribution in [0.15, 0.2) is 48.6 Å². The number of hydrogen-bond acceptors (Lipinski definition) is 3. The molecule has 0 aliphatic carbocycles. The molecular weight excluding hydrogens is 411 g/mol. The van der Waals surface area contributed by atoms with Crippen LogP contribution in [0.3, 0.4) is 0 Å². The summed E-state index contributed by atoms with van der Waals surface area (Å²) in [6.07, 6.45) is 5.42. The second-order valence-electron chi connectivity index (χ2n) is 7.25. The van der Waals surface area contributed by atoms with Crippen LogP contribution in [0.5, 0.6) is 0 Å². The van der Waals surface area contributed by atoms with E-state index in [-0.39, 0.29) is 23.6 Å². The number of piperidine rings is 1. The van der Waals surface area contributed by atoms with Crippen molar-refractivity contribution in [1.82, 2.24) is 15.1 Å². The Morgan fingerprint density at radius 2 is 2.00 bits per heavy atom. The monoisotopic (exact) mass is 435 g/mol. The van der Waals surface area contributed by atoms with Crippen LogP contribution in [0.2, 0.25) is 0 Å². The van der Waals surface area contributed by atoms with Gasteiger partial charge in [-0.15, -0.1) is 11.3 Å². The number of likely N-dealkylation sites (tertiary alicyclic amines) is 1. The van der Waals surface area contributed by atoms with Crippen LogP contribution in [0.1, 0.15) is 47.1 Å². The van der Waals surface area contributed by atoms with Crippen LogP contribution in [-0.2, 0) is 12.6 Å². The lowest BCUT2D eigenvalue weighted by molar-refractivity contribution is -0.141. The highest BCUT2D eigenvalue weighted by molar-refractivity contribution is 7.17. The minimum atomic E-state index is -4.54. The maximum absolute atomic E-state index is 13.5. The van der Waals surface area contributed by atoms with Crippen molar-refractivity contribution in [2.24, 2.45) is 0 Å². The Bertz CT molecular complexity index is 963. The summed E-state index contributed by atoms with van der Waals surface area (Å²) in [4.78, 5) is 15.6. The number of carbonyl (C=O) groups excluding carboxylic acids is 1. The van der Waals surface area contributed by atoms with Crippen molar-refractivity contribution in [3.8, 4) is 10.6 Å². The van der Waals surface area contributed by atoms with Crippen molar-refractivity contribution in [3.63, 3.8) is 0 Å². The van der Waals surface area contributed by atoms with E-state index < -0.39 is 11.9 Å². The number of aromatic amines is 1. The number of hydrogen-bond donors (Lipinski definition) is 1. The minimum Gasteiger partial charge on any atom is -0.338 e. The number of alkyl halides is 3. The molecule has 1 amide bonds. The van der Waals surface area contributed by atoms with Crippen LogP contribution in [0.25, 0.3) is 10.6 Å². The third-order valence-corrected chi connectivity index (χ3v) is 6.01. The molecule has 1 aliphatic rings. The first-order valence-corrected chi connectivity index (χ1v) is 10.6. The fraction of sp³-hybridized carbons (Fsp3) is 0.364. The van der Waals surface area contributed by atoms with Crippen LogP contribution in [0, 0.1) is 0 Å². The largest absolute Gasteiger partial charge is 0.433 e. The molecule has 0 bridgehead atoms. The fourth-order valence-electron chi connectivity index (χ4n) is 3.44. The van der Waals surface area contributed by atoms with Gasteiger partial charge in [0.05, 0.1) is 9.75 Å². The normalized spacial score (nSPS) is 15.7. The average molecular weight is 436 g/mol. The third-order valence-electron chi connectivity index (χ3n) is 4.93. The number of halogens is 3. The lowest BCUT2D eigenvalue weighted by atomic mass is 10.0. The average Bonchev–Trinajstić information content (AvgIpc) is 3.35. The zero-order chi connectivity index (χ0) is 21.7. The van der Waals surface area contributed by atoms with E-state index in [4.69, 9.17) is 0 Å². The van der Waals surface area contributed by atoms with Gasteiger partial charge < -0.3 is 4.90 Å². The molecule has 160 valence electrons. The number of nitrogens with one attached hydrogen (secondary N) is 1. The van der Waals surface area contributed by atoms with E-state index in [1.165, 1.54) is 11.3 Å². The van der Waals surface area contributed by atoms with Crippen molar-refractivity contribution < 1.29 is 18.0 Å². The van der Waals surface area contributed by atoms with E-state index in [2.05, 4.69) is 16.8 Å². The number of aromatic nitrogens is 2. The van der Waals surface area contributed by atoms with E-state index in [0.717, 1.165) is 37.9 Å². The maximum Gasteiger partial charge on any atom is 0.433 e. The second kappa shape index (κ2) is 9.47. The van der Waals surface area contributed by atoms with Crippen molar-refractivity contribution in [3.05, 3.63) is 64.7 Å². The second-order valence-corrected chi connectivity index (χ2v) is 8.33. The molecule has 1 N–H and O–H groups in total. The molecule has 1 fully saturated rings. The molecule has 3 rings (SSSR count). The summed E-state index contributed by atoms with van der Waals surface area (Å²) in [5, 5.41) is 6.13.